The molecule has 2 aromatic rings. The molecule has 27 heavy (non-hydrogen) atoms. The van der Waals surface area contributed by atoms with Crippen molar-refractivity contribution in [1.82, 2.24) is 10.6 Å². The zero-order valence-corrected chi connectivity index (χ0v) is 17.6. The number of hydrogen-bond donors (Lipinski definition) is 3. The van der Waals surface area contributed by atoms with Crippen LogP contribution in [0.2, 0.25) is 0 Å². The molecule has 0 unspecified atom stereocenters. The predicted molar refractivity (Wildman–Crippen MR) is 115 cm³/mol. The van der Waals surface area contributed by atoms with E-state index in [9.17, 15) is 4.79 Å². The van der Waals surface area contributed by atoms with Gasteiger partial charge < -0.3 is 20.7 Å². The monoisotopic (exact) mass is 445 g/mol. The van der Waals surface area contributed by atoms with Gasteiger partial charge in [0.05, 0.1) is 12.8 Å². The Bertz CT molecular complexity index is 827. The van der Waals surface area contributed by atoms with Crippen LogP contribution < -0.4 is 20.7 Å². The first-order valence-corrected chi connectivity index (χ1v) is 9.40. The number of carbonyl (C=O) groups excluding carboxylic acids is 1. The van der Waals surface area contributed by atoms with Crippen LogP contribution in [0.3, 0.4) is 0 Å². The second-order valence-corrected chi connectivity index (χ2v) is 8.34. The fraction of sp³-hybridized carbons (Fsp3) is 0.222. The molecule has 0 aliphatic rings. The van der Waals surface area contributed by atoms with E-state index in [-0.39, 0.29) is 5.11 Å². The highest BCUT2D eigenvalue weighted by Crippen LogP contribution is 2.30. The van der Waals surface area contributed by atoms with Crippen LogP contribution in [-0.4, -0.2) is 28.1 Å². The number of ether oxygens (including phenoxy) is 1. The van der Waals surface area contributed by atoms with Crippen molar-refractivity contribution in [3.63, 3.8) is 0 Å². The third-order valence-corrected chi connectivity index (χ3v) is 4.50. The molecule has 0 aliphatic carbocycles. The van der Waals surface area contributed by atoms with E-state index in [4.69, 9.17) is 51.8 Å². The van der Waals surface area contributed by atoms with Crippen molar-refractivity contribution in [3.8, 4) is 5.75 Å². The van der Waals surface area contributed by atoms with Gasteiger partial charge in [0.15, 0.2) is 5.11 Å². The number of carbonyl (C=O) groups is 1. The molecule has 2 rings (SSSR count). The van der Waals surface area contributed by atoms with Crippen LogP contribution in [0.15, 0.2) is 48.5 Å². The van der Waals surface area contributed by atoms with Gasteiger partial charge in [-0.05, 0) is 42.9 Å². The highest BCUT2D eigenvalue weighted by molar-refractivity contribution is 7.80. The molecule has 5 nitrogen and oxygen atoms in total. The van der Waals surface area contributed by atoms with Gasteiger partial charge >= 0.3 is 0 Å². The molecule has 0 aliphatic heterocycles. The number of methoxy groups -OCH3 is 1. The molecule has 1 amide bonds. The summed E-state index contributed by atoms with van der Waals surface area (Å²) in [7, 11) is 1.55. The topological polar surface area (TPSA) is 62.4 Å². The van der Waals surface area contributed by atoms with Crippen LogP contribution in [0, 0.1) is 6.92 Å². The molecular formula is C18H18Cl3N3O2S. The second-order valence-electron chi connectivity index (χ2n) is 5.56. The maximum absolute atomic E-state index is 12.6. The van der Waals surface area contributed by atoms with Crippen LogP contribution in [0.4, 0.5) is 5.69 Å². The Kier molecular flexibility index (Phi) is 7.56. The standard InChI is InChI=1S/C18H18Cl3N3O2S/c1-11-7-3-4-8-12(11)15(25)23-16(18(19,20)21)24-17(27)22-13-9-5-6-10-14(13)26-2/h3-10,16H,1-2H3,(H,23,25)(H2,22,24,27)/t16-/m0/s1. The number of para-hydroxylation sites is 2. The summed E-state index contributed by atoms with van der Waals surface area (Å²) in [5, 5.41) is 8.58. The van der Waals surface area contributed by atoms with E-state index in [2.05, 4.69) is 16.0 Å². The molecule has 0 spiro atoms. The zero-order valence-electron chi connectivity index (χ0n) is 14.6. The Labute approximate surface area is 178 Å². The summed E-state index contributed by atoms with van der Waals surface area (Å²) >= 11 is 23.3. The van der Waals surface area contributed by atoms with Gasteiger partial charge in [-0.3, -0.25) is 4.79 Å². The molecule has 0 aromatic heterocycles. The van der Waals surface area contributed by atoms with Crippen molar-refractivity contribution in [2.24, 2.45) is 0 Å². The van der Waals surface area contributed by atoms with Gasteiger partial charge in [-0.25, -0.2) is 0 Å². The van der Waals surface area contributed by atoms with Gasteiger partial charge in [-0.2, -0.15) is 0 Å². The number of amides is 1. The highest BCUT2D eigenvalue weighted by atomic mass is 35.6. The number of benzene rings is 2. The van der Waals surface area contributed by atoms with Crippen LogP contribution in [-0.2, 0) is 0 Å². The summed E-state index contributed by atoms with van der Waals surface area (Å²) in [5.41, 5.74) is 1.90. The van der Waals surface area contributed by atoms with Crippen molar-refractivity contribution < 1.29 is 9.53 Å². The quantitative estimate of drug-likeness (QED) is 0.361. The van der Waals surface area contributed by atoms with E-state index >= 15 is 0 Å². The van der Waals surface area contributed by atoms with Crippen molar-refractivity contribution in [3.05, 3.63) is 59.7 Å². The first-order valence-electron chi connectivity index (χ1n) is 7.86. The summed E-state index contributed by atoms with van der Waals surface area (Å²) in [6, 6.07) is 14.3. The SMILES string of the molecule is COc1ccccc1NC(=S)N[C@H](NC(=O)c1ccccc1C)C(Cl)(Cl)Cl. The molecule has 0 saturated heterocycles. The average Bonchev–Trinajstić information content (AvgIpc) is 2.61. The summed E-state index contributed by atoms with van der Waals surface area (Å²) < 4.78 is 3.41. The molecule has 0 bridgehead atoms. The molecular weight excluding hydrogens is 429 g/mol. The van der Waals surface area contributed by atoms with Crippen LogP contribution in [0.25, 0.3) is 0 Å². The lowest BCUT2D eigenvalue weighted by Gasteiger charge is -2.28. The van der Waals surface area contributed by atoms with Gasteiger partial charge in [0, 0.05) is 5.56 Å². The van der Waals surface area contributed by atoms with Crippen molar-refractivity contribution in [1.29, 1.82) is 0 Å². The van der Waals surface area contributed by atoms with E-state index in [1.807, 2.05) is 31.2 Å². The molecule has 0 fully saturated rings. The molecule has 0 radical (unpaired) electrons. The average molecular weight is 447 g/mol. The predicted octanol–water partition coefficient (Wildman–Crippen LogP) is 4.42. The van der Waals surface area contributed by atoms with E-state index in [1.165, 1.54) is 0 Å². The molecule has 0 saturated carbocycles. The second kappa shape index (κ2) is 9.46. The fourth-order valence-corrected chi connectivity index (χ4v) is 2.83. The smallest absolute Gasteiger partial charge is 0.253 e. The number of halogens is 3. The minimum atomic E-state index is -1.84. The first kappa shape index (κ1) is 21.6. The zero-order chi connectivity index (χ0) is 20.0. The van der Waals surface area contributed by atoms with E-state index < -0.39 is 15.9 Å². The lowest BCUT2D eigenvalue weighted by atomic mass is 10.1. The van der Waals surface area contributed by atoms with E-state index in [1.54, 1.807) is 31.4 Å². The van der Waals surface area contributed by atoms with Gasteiger partial charge in [0.1, 0.15) is 11.9 Å². The van der Waals surface area contributed by atoms with Gasteiger partial charge in [-0.1, -0.05) is 65.1 Å². The number of hydrogen-bond acceptors (Lipinski definition) is 3. The van der Waals surface area contributed by atoms with Crippen LogP contribution in [0.5, 0.6) is 5.75 Å². The summed E-state index contributed by atoms with van der Waals surface area (Å²) in [5.74, 6) is 0.202. The van der Waals surface area contributed by atoms with Gasteiger partial charge in [0.25, 0.3) is 5.91 Å². The third kappa shape index (κ3) is 6.14. The largest absolute Gasteiger partial charge is 0.495 e. The minimum absolute atomic E-state index is 0.154. The Morgan fingerprint density at radius 1 is 1.07 bits per heavy atom. The lowest BCUT2D eigenvalue weighted by Crippen LogP contribution is -2.56. The molecule has 144 valence electrons. The number of rotatable bonds is 5. The molecule has 0 heterocycles. The summed E-state index contributed by atoms with van der Waals surface area (Å²) in [6.45, 7) is 1.82. The number of anilines is 1. The lowest BCUT2D eigenvalue weighted by molar-refractivity contribution is 0.0934. The van der Waals surface area contributed by atoms with Gasteiger partial charge in [0.2, 0.25) is 3.79 Å². The molecule has 9 heteroatoms. The maximum Gasteiger partial charge on any atom is 0.253 e. The number of thiocarbonyl (C=S) groups is 1. The highest BCUT2D eigenvalue weighted by Gasteiger charge is 2.35. The maximum atomic E-state index is 12.6. The minimum Gasteiger partial charge on any atom is -0.495 e. The van der Waals surface area contributed by atoms with E-state index in [0.717, 1.165) is 5.56 Å². The number of alkyl halides is 3. The van der Waals surface area contributed by atoms with Crippen molar-refractivity contribution in [2.45, 2.75) is 16.9 Å². The van der Waals surface area contributed by atoms with Crippen LogP contribution in [0.1, 0.15) is 15.9 Å². The Morgan fingerprint density at radius 2 is 1.70 bits per heavy atom. The number of nitrogens with one attached hydrogen (secondary N) is 3. The van der Waals surface area contributed by atoms with E-state index in [0.29, 0.717) is 17.0 Å². The van der Waals surface area contributed by atoms with Crippen molar-refractivity contribution >= 4 is 63.7 Å². The molecule has 3 N–H and O–H groups in total. The fourth-order valence-electron chi connectivity index (χ4n) is 2.27. The Morgan fingerprint density at radius 3 is 2.33 bits per heavy atom. The molecule has 1 atom stereocenters. The van der Waals surface area contributed by atoms with Crippen molar-refractivity contribution in [2.75, 3.05) is 12.4 Å². The number of aryl methyl sites for hydroxylation is 1. The normalized spacial score (nSPS) is 12.0. The van der Waals surface area contributed by atoms with Gasteiger partial charge in [-0.15, -0.1) is 0 Å². The Hall–Kier alpha value is -1.73. The van der Waals surface area contributed by atoms with Crippen LogP contribution >= 0.6 is 47.0 Å². The molecule has 2 aromatic carbocycles. The third-order valence-electron chi connectivity index (χ3n) is 3.62. The summed E-state index contributed by atoms with van der Waals surface area (Å²) in [6.07, 6.45) is -1.07. The first-order chi connectivity index (χ1) is 12.7. The summed E-state index contributed by atoms with van der Waals surface area (Å²) in [4.78, 5) is 12.6. The Balaban J connectivity index is 2.12.